The quantitative estimate of drug-likeness (QED) is 0.553. The van der Waals surface area contributed by atoms with Crippen LogP contribution in [0, 0.1) is 29.2 Å². The van der Waals surface area contributed by atoms with E-state index in [1.807, 2.05) is 0 Å². The number of halogens is 6. The van der Waals surface area contributed by atoms with Crippen LogP contribution in [0.2, 0.25) is 0 Å². The van der Waals surface area contributed by atoms with Gasteiger partial charge < -0.3 is 10.5 Å². The Morgan fingerprint density at radius 1 is 0.958 bits per heavy atom. The third-order valence-corrected chi connectivity index (χ3v) is 4.02. The Bertz CT molecular complexity index is 685. The molecule has 2 aromatic rings. The molecule has 0 aromatic heterocycles. The first kappa shape index (κ1) is 20.9. The highest BCUT2D eigenvalue weighted by atomic mass is 79.9. The van der Waals surface area contributed by atoms with Gasteiger partial charge in [0.1, 0.15) is 23.3 Å². The SMILES string of the molecule is Cl.Fc1ccc(Br)c(F)c1.N[C@@H](c1ccc(F)cc1F)C1COC1. The summed E-state index contributed by atoms with van der Waals surface area (Å²) in [6.07, 6.45) is 0. The molecule has 2 aromatic carbocycles. The highest BCUT2D eigenvalue weighted by Crippen LogP contribution is 2.27. The summed E-state index contributed by atoms with van der Waals surface area (Å²) in [6, 6.07) is 6.41. The predicted octanol–water partition coefficient (Wildman–Crippen LogP) is 4.76. The first-order chi connectivity index (χ1) is 10.9. The summed E-state index contributed by atoms with van der Waals surface area (Å²) in [7, 11) is 0. The normalized spacial score (nSPS) is 14.8. The second kappa shape index (κ2) is 9.36. The predicted molar refractivity (Wildman–Crippen MR) is 88.9 cm³/mol. The van der Waals surface area contributed by atoms with E-state index in [-0.39, 0.29) is 22.8 Å². The Morgan fingerprint density at radius 3 is 1.92 bits per heavy atom. The molecule has 1 heterocycles. The van der Waals surface area contributed by atoms with E-state index in [9.17, 15) is 17.6 Å². The molecule has 1 saturated heterocycles. The lowest BCUT2D eigenvalue weighted by Gasteiger charge is -2.31. The van der Waals surface area contributed by atoms with Gasteiger partial charge in [-0.1, -0.05) is 6.07 Å². The Hall–Kier alpha value is -1.15. The summed E-state index contributed by atoms with van der Waals surface area (Å²) in [5, 5.41) is 0. The molecule has 0 saturated carbocycles. The first-order valence-corrected chi connectivity index (χ1v) is 7.56. The third-order valence-electron chi connectivity index (χ3n) is 3.37. The number of ether oxygens (including phenoxy) is 1. The Kier molecular flexibility index (Phi) is 8.15. The van der Waals surface area contributed by atoms with Gasteiger partial charge in [0.15, 0.2) is 0 Å². The fourth-order valence-electron chi connectivity index (χ4n) is 1.96. The molecule has 0 amide bonds. The van der Waals surface area contributed by atoms with Gasteiger partial charge in [0.05, 0.1) is 17.7 Å². The molecular formula is C16H15BrClF4NO. The minimum absolute atomic E-state index is 0. The molecule has 132 valence electrons. The minimum Gasteiger partial charge on any atom is -0.381 e. The molecule has 2 N–H and O–H groups in total. The van der Waals surface area contributed by atoms with Crippen molar-refractivity contribution in [3.63, 3.8) is 0 Å². The molecule has 0 unspecified atom stereocenters. The van der Waals surface area contributed by atoms with Crippen LogP contribution in [-0.4, -0.2) is 13.2 Å². The van der Waals surface area contributed by atoms with Gasteiger partial charge in [-0.15, -0.1) is 12.4 Å². The van der Waals surface area contributed by atoms with E-state index in [1.165, 1.54) is 24.3 Å². The van der Waals surface area contributed by atoms with E-state index in [2.05, 4.69) is 15.9 Å². The van der Waals surface area contributed by atoms with Crippen LogP contribution in [0.15, 0.2) is 40.9 Å². The van der Waals surface area contributed by atoms with E-state index < -0.39 is 29.3 Å². The van der Waals surface area contributed by atoms with Gasteiger partial charge in [-0.05, 0) is 34.1 Å². The maximum atomic E-state index is 13.3. The van der Waals surface area contributed by atoms with Crippen LogP contribution in [0.1, 0.15) is 11.6 Å². The number of nitrogens with two attached hydrogens (primary N) is 1. The van der Waals surface area contributed by atoms with Crippen molar-refractivity contribution in [1.29, 1.82) is 0 Å². The highest BCUT2D eigenvalue weighted by molar-refractivity contribution is 9.10. The molecule has 0 aliphatic carbocycles. The van der Waals surface area contributed by atoms with E-state index in [4.69, 9.17) is 10.5 Å². The maximum absolute atomic E-state index is 13.3. The Morgan fingerprint density at radius 2 is 1.50 bits per heavy atom. The standard InChI is InChI=1S/C10H11F2NO.C6H3BrF2.ClH/c11-7-1-2-8(9(12)3-7)10(13)6-4-14-5-6;7-5-2-1-4(8)3-6(5)9;/h1-3,6,10H,4-5,13H2;1-3H;1H/t10-;;/m1../s1. The van der Waals surface area contributed by atoms with Crippen molar-refractivity contribution in [3.8, 4) is 0 Å². The first-order valence-electron chi connectivity index (χ1n) is 6.77. The van der Waals surface area contributed by atoms with Gasteiger partial charge in [0.25, 0.3) is 0 Å². The lowest BCUT2D eigenvalue weighted by atomic mass is 9.92. The summed E-state index contributed by atoms with van der Waals surface area (Å²) in [5.41, 5.74) is 6.17. The van der Waals surface area contributed by atoms with E-state index in [0.717, 1.165) is 12.1 Å². The van der Waals surface area contributed by atoms with E-state index in [0.29, 0.717) is 18.8 Å². The lowest BCUT2D eigenvalue weighted by Crippen LogP contribution is -2.37. The van der Waals surface area contributed by atoms with Crippen molar-refractivity contribution in [2.45, 2.75) is 6.04 Å². The van der Waals surface area contributed by atoms with Crippen LogP contribution < -0.4 is 5.73 Å². The number of rotatable bonds is 2. The highest BCUT2D eigenvalue weighted by Gasteiger charge is 2.28. The fourth-order valence-corrected chi connectivity index (χ4v) is 2.20. The molecule has 1 aliphatic rings. The molecule has 2 nitrogen and oxygen atoms in total. The van der Waals surface area contributed by atoms with Crippen LogP contribution in [-0.2, 0) is 4.74 Å². The Balaban J connectivity index is 0.000000252. The molecule has 1 atom stereocenters. The second-order valence-corrected chi connectivity index (χ2v) is 5.90. The maximum Gasteiger partial charge on any atom is 0.140 e. The molecule has 3 rings (SSSR count). The van der Waals surface area contributed by atoms with Crippen molar-refractivity contribution in [3.05, 3.63) is 69.7 Å². The van der Waals surface area contributed by atoms with Gasteiger partial charge in [-0.25, -0.2) is 17.6 Å². The lowest BCUT2D eigenvalue weighted by molar-refractivity contribution is -0.0446. The van der Waals surface area contributed by atoms with Crippen molar-refractivity contribution >= 4 is 28.3 Å². The number of hydrogen-bond acceptors (Lipinski definition) is 2. The number of hydrogen-bond donors (Lipinski definition) is 1. The average Bonchev–Trinajstić information content (AvgIpc) is 2.42. The summed E-state index contributed by atoms with van der Waals surface area (Å²) >= 11 is 2.89. The second-order valence-electron chi connectivity index (χ2n) is 5.05. The molecule has 0 bridgehead atoms. The number of benzene rings is 2. The molecule has 1 fully saturated rings. The van der Waals surface area contributed by atoms with Gasteiger partial charge in [0.2, 0.25) is 0 Å². The van der Waals surface area contributed by atoms with Crippen molar-refractivity contribution in [2.24, 2.45) is 11.7 Å². The zero-order valence-corrected chi connectivity index (χ0v) is 14.7. The third kappa shape index (κ3) is 5.44. The summed E-state index contributed by atoms with van der Waals surface area (Å²) in [4.78, 5) is 0. The van der Waals surface area contributed by atoms with Gasteiger partial charge in [-0.3, -0.25) is 0 Å². The van der Waals surface area contributed by atoms with Crippen molar-refractivity contribution in [1.82, 2.24) is 0 Å². The zero-order valence-electron chi connectivity index (χ0n) is 12.3. The molecule has 0 spiro atoms. The van der Waals surface area contributed by atoms with Crippen LogP contribution in [0.4, 0.5) is 17.6 Å². The van der Waals surface area contributed by atoms with Gasteiger partial charge >= 0.3 is 0 Å². The smallest absolute Gasteiger partial charge is 0.140 e. The fraction of sp³-hybridized carbons (Fsp3) is 0.250. The van der Waals surface area contributed by atoms with Crippen molar-refractivity contribution in [2.75, 3.05) is 13.2 Å². The monoisotopic (exact) mass is 427 g/mol. The van der Waals surface area contributed by atoms with Gasteiger partial charge in [-0.2, -0.15) is 0 Å². The van der Waals surface area contributed by atoms with Gasteiger partial charge in [0, 0.05) is 29.7 Å². The van der Waals surface area contributed by atoms with Crippen LogP contribution in [0.3, 0.4) is 0 Å². The molecular weight excluding hydrogens is 414 g/mol. The Labute approximate surface area is 151 Å². The van der Waals surface area contributed by atoms with E-state index in [1.54, 1.807) is 0 Å². The minimum atomic E-state index is -0.580. The molecule has 24 heavy (non-hydrogen) atoms. The van der Waals surface area contributed by atoms with Crippen LogP contribution in [0.25, 0.3) is 0 Å². The topological polar surface area (TPSA) is 35.2 Å². The van der Waals surface area contributed by atoms with Crippen LogP contribution >= 0.6 is 28.3 Å². The summed E-state index contributed by atoms with van der Waals surface area (Å²) in [6.45, 7) is 1.11. The zero-order chi connectivity index (χ0) is 17.0. The molecule has 1 aliphatic heterocycles. The average molecular weight is 429 g/mol. The van der Waals surface area contributed by atoms with Crippen LogP contribution in [0.5, 0.6) is 0 Å². The molecule has 0 radical (unpaired) electrons. The summed E-state index contributed by atoms with van der Waals surface area (Å²) < 4.78 is 55.5. The largest absolute Gasteiger partial charge is 0.381 e. The van der Waals surface area contributed by atoms with Crippen molar-refractivity contribution < 1.29 is 22.3 Å². The summed E-state index contributed by atoms with van der Waals surface area (Å²) in [5.74, 6) is -2.15. The molecule has 8 heteroatoms. The van der Waals surface area contributed by atoms with E-state index >= 15 is 0 Å².